The summed E-state index contributed by atoms with van der Waals surface area (Å²) in [6, 6.07) is -0.554. The normalized spacial score (nSPS) is 24.8. The minimum atomic E-state index is -4.60. The second-order valence-corrected chi connectivity index (χ2v) is 8.84. The van der Waals surface area contributed by atoms with Gasteiger partial charge in [-0.2, -0.15) is 18.2 Å². The molecule has 0 spiro atoms. The van der Waals surface area contributed by atoms with Crippen molar-refractivity contribution in [1.29, 1.82) is 0 Å². The number of anilines is 2. The SMILES string of the molecule is Cc1noc(C)c1C(=O)CN1c2nc(N3C[C@@H]4CCC3CO4)cc(=O)n2CC[C@H]1C(F)(F)F. The first-order valence-electron chi connectivity index (χ1n) is 10.9. The van der Waals surface area contributed by atoms with E-state index in [9.17, 15) is 22.8 Å². The molecular weight excluding hydrogens is 443 g/mol. The Hall–Kier alpha value is -2.89. The Bertz CT molecular complexity index is 1120. The lowest BCUT2D eigenvalue weighted by atomic mass is 9.97. The van der Waals surface area contributed by atoms with Crippen molar-refractivity contribution in [3.8, 4) is 0 Å². The number of aromatic nitrogens is 3. The molecule has 0 aliphatic carbocycles. The Morgan fingerprint density at radius 3 is 2.61 bits per heavy atom. The van der Waals surface area contributed by atoms with Gasteiger partial charge in [0.2, 0.25) is 5.95 Å². The van der Waals surface area contributed by atoms with Crippen LogP contribution in [-0.4, -0.2) is 64.6 Å². The summed E-state index contributed by atoms with van der Waals surface area (Å²) in [6.07, 6.45) is -3.18. The topological polar surface area (TPSA) is 93.7 Å². The van der Waals surface area contributed by atoms with Gasteiger partial charge < -0.3 is 19.1 Å². The third-order valence-electron chi connectivity index (χ3n) is 6.72. The first-order chi connectivity index (χ1) is 15.6. The van der Waals surface area contributed by atoms with E-state index in [4.69, 9.17) is 9.26 Å². The lowest BCUT2D eigenvalue weighted by Gasteiger charge is -2.46. The maximum atomic E-state index is 14.0. The lowest BCUT2D eigenvalue weighted by molar-refractivity contribution is -0.152. The van der Waals surface area contributed by atoms with Crippen LogP contribution in [0.5, 0.6) is 0 Å². The molecule has 0 saturated carbocycles. The zero-order chi connectivity index (χ0) is 23.5. The number of carbonyl (C=O) groups excluding carboxylic acids is 1. The van der Waals surface area contributed by atoms with Gasteiger partial charge in [-0.3, -0.25) is 14.2 Å². The van der Waals surface area contributed by atoms with E-state index in [2.05, 4.69) is 10.1 Å². The second kappa shape index (κ2) is 7.86. The van der Waals surface area contributed by atoms with E-state index in [1.54, 1.807) is 6.92 Å². The molecule has 1 unspecified atom stereocenters. The van der Waals surface area contributed by atoms with Crippen molar-refractivity contribution in [1.82, 2.24) is 14.7 Å². The van der Waals surface area contributed by atoms with Crippen LogP contribution >= 0.6 is 0 Å². The quantitative estimate of drug-likeness (QED) is 0.632. The minimum absolute atomic E-state index is 0.00994. The van der Waals surface area contributed by atoms with Crippen molar-refractivity contribution in [2.75, 3.05) is 29.5 Å². The Morgan fingerprint density at radius 1 is 1.24 bits per heavy atom. The van der Waals surface area contributed by atoms with Crippen LogP contribution in [-0.2, 0) is 11.3 Å². The van der Waals surface area contributed by atoms with Crippen LogP contribution in [0.1, 0.15) is 41.1 Å². The first kappa shape index (κ1) is 21.9. The van der Waals surface area contributed by atoms with E-state index in [-0.39, 0.29) is 42.4 Å². The van der Waals surface area contributed by atoms with Gasteiger partial charge >= 0.3 is 6.18 Å². The molecule has 2 aromatic heterocycles. The van der Waals surface area contributed by atoms with Crippen LogP contribution in [0.25, 0.3) is 0 Å². The molecule has 178 valence electrons. The molecule has 0 N–H and O–H groups in total. The number of hydrogen-bond acceptors (Lipinski definition) is 8. The second-order valence-electron chi connectivity index (χ2n) is 8.84. The third-order valence-corrected chi connectivity index (χ3v) is 6.72. The van der Waals surface area contributed by atoms with E-state index in [1.807, 2.05) is 4.90 Å². The van der Waals surface area contributed by atoms with E-state index in [0.717, 1.165) is 17.7 Å². The van der Waals surface area contributed by atoms with Gasteiger partial charge in [-0.05, 0) is 33.1 Å². The first-order valence-corrected chi connectivity index (χ1v) is 10.9. The van der Waals surface area contributed by atoms with Crippen LogP contribution in [0.3, 0.4) is 0 Å². The molecule has 6 rings (SSSR count). The molecule has 0 amide bonds. The number of Topliss-reactive ketones (excluding diaryl/α,β-unsaturated/α-hetero) is 1. The number of carbonyl (C=O) groups is 1. The van der Waals surface area contributed by atoms with Crippen molar-refractivity contribution in [2.24, 2.45) is 0 Å². The van der Waals surface area contributed by atoms with E-state index < -0.39 is 30.1 Å². The number of halogens is 3. The predicted octanol–water partition coefficient (Wildman–Crippen LogP) is 2.24. The summed E-state index contributed by atoms with van der Waals surface area (Å²) in [7, 11) is 0. The zero-order valence-corrected chi connectivity index (χ0v) is 18.3. The Kier molecular flexibility index (Phi) is 5.22. The van der Waals surface area contributed by atoms with Gasteiger partial charge in [0.1, 0.15) is 17.6 Å². The van der Waals surface area contributed by atoms with Gasteiger partial charge in [0, 0.05) is 19.2 Å². The molecule has 3 atom stereocenters. The summed E-state index contributed by atoms with van der Waals surface area (Å²) in [5.74, 6) is -0.157. The Morgan fingerprint density at radius 2 is 2.03 bits per heavy atom. The maximum Gasteiger partial charge on any atom is 0.408 e. The molecule has 2 bridgehead atoms. The molecule has 4 aliphatic heterocycles. The number of fused-ring (bicyclic) bond motifs is 4. The maximum absolute atomic E-state index is 14.0. The van der Waals surface area contributed by atoms with Crippen molar-refractivity contribution < 1.29 is 27.2 Å². The number of ether oxygens (including phenoxy) is 1. The molecule has 33 heavy (non-hydrogen) atoms. The monoisotopic (exact) mass is 467 g/mol. The summed E-state index contributed by atoms with van der Waals surface area (Å²) in [5.41, 5.74) is 0.0197. The van der Waals surface area contributed by atoms with Gasteiger partial charge in [-0.25, -0.2) is 0 Å². The number of aryl methyl sites for hydroxylation is 2. The fraction of sp³-hybridized carbons (Fsp3) is 0.619. The highest BCUT2D eigenvalue weighted by molar-refractivity contribution is 6.00. The fourth-order valence-corrected chi connectivity index (χ4v) is 5.07. The van der Waals surface area contributed by atoms with Gasteiger partial charge in [0.05, 0.1) is 36.6 Å². The number of rotatable bonds is 4. The largest absolute Gasteiger partial charge is 0.408 e. The average molecular weight is 467 g/mol. The minimum Gasteiger partial charge on any atom is -0.374 e. The summed E-state index contributed by atoms with van der Waals surface area (Å²) < 4.78 is 53.9. The number of piperidine rings is 1. The van der Waals surface area contributed by atoms with Crippen LogP contribution in [0.15, 0.2) is 15.4 Å². The molecule has 9 nitrogen and oxygen atoms in total. The van der Waals surface area contributed by atoms with E-state index >= 15 is 0 Å². The molecule has 3 fully saturated rings. The Balaban J connectivity index is 1.56. The molecule has 0 radical (unpaired) electrons. The average Bonchev–Trinajstić information content (AvgIpc) is 3.12. The van der Waals surface area contributed by atoms with Crippen molar-refractivity contribution in [3.63, 3.8) is 0 Å². The van der Waals surface area contributed by atoms with E-state index in [1.165, 1.54) is 17.6 Å². The van der Waals surface area contributed by atoms with E-state index in [0.29, 0.717) is 24.7 Å². The molecule has 2 aromatic rings. The molecule has 12 heteroatoms. The van der Waals surface area contributed by atoms with Gasteiger partial charge in [-0.15, -0.1) is 0 Å². The molecule has 4 aliphatic rings. The third kappa shape index (κ3) is 3.79. The van der Waals surface area contributed by atoms with Crippen LogP contribution < -0.4 is 15.4 Å². The van der Waals surface area contributed by atoms with Crippen molar-refractivity contribution in [3.05, 3.63) is 33.4 Å². The highest BCUT2D eigenvalue weighted by atomic mass is 19.4. The highest BCUT2D eigenvalue weighted by Crippen LogP contribution is 2.36. The lowest BCUT2D eigenvalue weighted by Crippen LogP contribution is -2.56. The number of nitrogens with zero attached hydrogens (tertiary/aromatic N) is 5. The van der Waals surface area contributed by atoms with Gasteiger partial charge in [-0.1, -0.05) is 5.16 Å². The Labute approximate surface area is 187 Å². The fourth-order valence-electron chi connectivity index (χ4n) is 5.07. The van der Waals surface area contributed by atoms with Crippen LogP contribution in [0, 0.1) is 13.8 Å². The van der Waals surface area contributed by atoms with Crippen LogP contribution in [0.2, 0.25) is 0 Å². The molecular formula is C21H24F3N5O4. The zero-order valence-electron chi connectivity index (χ0n) is 18.3. The molecule has 0 aromatic carbocycles. The van der Waals surface area contributed by atoms with Gasteiger partial charge in [0.15, 0.2) is 5.78 Å². The van der Waals surface area contributed by atoms with Crippen molar-refractivity contribution >= 4 is 17.5 Å². The molecule has 6 heterocycles. The highest BCUT2D eigenvalue weighted by Gasteiger charge is 2.48. The number of morpholine rings is 1. The number of alkyl halides is 3. The summed E-state index contributed by atoms with van der Waals surface area (Å²) in [5, 5.41) is 3.73. The molecule has 3 saturated heterocycles. The smallest absolute Gasteiger partial charge is 0.374 e. The van der Waals surface area contributed by atoms with Crippen LogP contribution in [0.4, 0.5) is 24.9 Å². The summed E-state index contributed by atoms with van der Waals surface area (Å²) >= 11 is 0. The summed E-state index contributed by atoms with van der Waals surface area (Å²) in [4.78, 5) is 33.3. The van der Waals surface area contributed by atoms with Crippen molar-refractivity contribution in [2.45, 2.75) is 64.0 Å². The number of ketones is 1. The number of hydrogen-bond donors (Lipinski definition) is 0. The van der Waals surface area contributed by atoms with Gasteiger partial charge in [0.25, 0.3) is 5.56 Å². The predicted molar refractivity (Wildman–Crippen MR) is 111 cm³/mol. The standard InChI is InChI=1S/C21H24F3N5O4/c1-11-19(12(2)33-26-11)15(30)9-29-16(21(22,23)24)5-6-27-18(31)7-17(25-20(27)29)28-8-14-4-3-13(28)10-32-14/h7,13-14,16H,3-6,8-10H2,1-2H3/t13?,14-,16-/m0/s1. The summed E-state index contributed by atoms with van der Waals surface area (Å²) in [6.45, 7) is 3.39.